The van der Waals surface area contributed by atoms with Gasteiger partial charge in [0.05, 0.1) is 6.54 Å². The minimum atomic E-state index is 0.276. The molecule has 0 spiro atoms. The topological polar surface area (TPSA) is 35.6 Å². The molecule has 1 aliphatic rings. The molecule has 0 aromatic rings. The van der Waals surface area contributed by atoms with E-state index in [2.05, 4.69) is 17.1 Å². The molecule has 0 saturated carbocycles. The Labute approximate surface area is 92.6 Å². The van der Waals surface area contributed by atoms with E-state index < -0.39 is 0 Å². The molecule has 1 heterocycles. The smallest absolute Gasteiger partial charge is 0.236 e. The molecule has 88 valence electrons. The van der Waals surface area contributed by atoms with Gasteiger partial charge in [-0.05, 0) is 27.3 Å². The molecular formula is C11H23N3O. The van der Waals surface area contributed by atoms with E-state index in [9.17, 15) is 4.79 Å². The lowest BCUT2D eigenvalue weighted by Crippen LogP contribution is -2.43. The molecule has 1 fully saturated rings. The molecule has 1 amide bonds. The summed E-state index contributed by atoms with van der Waals surface area (Å²) >= 11 is 0. The zero-order valence-electron chi connectivity index (χ0n) is 10.1. The van der Waals surface area contributed by atoms with Gasteiger partial charge in [-0.15, -0.1) is 0 Å². The fraction of sp³-hybridized carbons (Fsp3) is 0.909. The normalized spacial score (nSPS) is 21.5. The molecule has 0 aromatic heterocycles. The van der Waals surface area contributed by atoms with E-state index in [0.29, 0.717) is 12.6 Å². The zero-order valence-corrected chi connectivity index (χ0v) is 10.1. The van der Waals surface area contributed by atoms with Crippen molar-refractivity contribution in [3.05, 3.63) is 0 Å². The standard InChI is InChI=1S/C11H23N3O/c1-4-13-6-5-7-14(9-11(13)15)10(2)8-12-3/h10,12H,4-9H2,1-3H3. The summed E-state index contributed by atoms with van der Waals surface area (Å²) < 4.78 is 0. The lowest BCUT2D eigenvalue weighted by atomic mass is 10.2. The summed E-state index contributed by atoms with van der Waals surface area (Å²) in [4.78, 5) is 16.1. The maximum atomic E-state index is 11.8. The molecule has 4 nitrogen and oxygen atoms in total. The van der Waals surface area contributed by atoms with Crippen molar-refractivity contribution in [3.8, 4) is 0 Å². The van der Waals surface area contributed by atoms with Crippen molar-refractivity contribution in [2.45, 2.75) is 26.3 Å². The summed E-state index contributed by atoms with van der Waals surface area (Å²) in [7, 11) is 1.95. The average Bonchev–Trinajstić information content (AvgIpc) is 2.40. The lowest BCUT2D eigenvalue weighted by Gasteiger charge is -2.26. The molecule has 0 radical (unpaired) electrons. The van der Waals surface area contributed by atoms with Gasteiger partial charge in [-0.25, -0.2) is 0 Å². The number of nitrogens with one attached hydrogen (secondary N) is 1. The van der Waals surface area contributed by atoms with E-state index >= 15 is 0 Å². The summed E-state index contributed by atoms with van der Waals surface area (Å²) in [6, 6.07) is 0.441. The Balaban J connectivity index is 2.51. The number of carbonyl (C=O) groups is 1. The summed E-state index contributed by atoms with van der Waals surface area (Å²) in [5.74, 6) is 0.276. The lowest BCUT2D eigenvalue weighted by molar-refractivity contribution is -0.131. The second kappa shape index (κ2) is 6.08. The Bertz CT molecular complexity index is 208. The molecule has 0 bridgehead atoms. The van der Waals surface area contributed by atoms with Crippen LogP contribution >= 0.6 is 0 Å². The summed E-state index contributed by atoms with van der Waals surface area (Å²) in [6.07, 6.45) is 1.09. The van der Waals surface area contributed by atoms with Gasteiger partial charge in [0.2, 0.25) is 5.91 Å². The summed E-state index contributed by atoms with van der Waals surface area (Å²) in [5, 5.41) is 3.16. The van der Waals surface area contributed by atoms with Gasteiger partial charge in [0.15, 0.2) is 0 Å². The first-order chi connectivity index (χ1) is 7.19. The molecule has 0 aromatic carbocycles. The van der Waals surface area contributed by atoms with Crippen LogP contribution in [0.1, 0.15) is 20.3 Å². The van der Waals surface area contributed by atoms with E-state index in [4.69, 9.17) is 0 Å². The first kappa shape index (κ1) is 12.5. The fourth-order valence-electron chi connectivity index (χ4n) is 2.08. The summed E-state index contributed by atoms with van der Waals surface area (Å²) in [6.45, 7) is 8.53. The van der Waals surface area contributed by atoms with E-state index in [1.165, 1.54) is 0 Å². The van der Waals surface area contributed by atoms with Crippen molar-refractivity contribution in [1.82, 2.24) is 15.1 Å². The molecule has 1 aliphatic heterocycles. The van der Waals surface area contributed by atoms with Crippen LogP contribution in [0, 0.1) is 0 Å². The number of hydrogen-bond acceptors (Lipinski definition) is 3. The van der Waals surface area contributed by atoms with E-state index in [1.807, 2.05) is 18.9 Å². The van der Waals surface area contributed by atoms with E-state index in [1.54, 1.807) is 0 Å². The van der Waals surface area contributed by atoms with Gasteiger partial charge < -0.3 is 10.2 Å². The van der Waals surface area contributed by atoms with Crippen molar-refractivity contribution in [3.63, 3.8) is 0 Å². The minimum absolute atomic E-state index is 0.276. The molecule has 1 rings (SSSR count). The maximum Gasteiger partial charge on any atom is 0.236 e. The highest BCUT2D eigenvalue weighted by Gasteiger charge is 2.23. The van der Waals surface area contributed by atoms with Crippen molar-refractivity contribution in [1.29, 1.82) is 0 Å². The van der Waals surface area contributed by atoms with Crippen molar-refractivity contribution < 1.29 is 4.79 Å². The molecule has 1 N–H and O–H groups in total. The number of likely N-dealkylation sites (N-methyl/N-ethyl adjacent to an activating group) is 2. The molecule has 1 saturated heterocycles. The Hall–Kier alpha value is -0.610. The zero-order chi connectivity index (χ0) is 11.3. The highest BCUT2D eigenvalue weighted by atomic mass is 16.2. The van der Waals surface area contributed by atoms with Crippen LogP contribution in [0.3, 0.4) is 0 Å². The Morgan fingerprint density at radius 2 is 2.20 bits per heavy atom. The summed E-state index contributed by atoms with van der Waals surface area (Å²) in [5.41, 5.74) is 0. The third-order valence-corrected chi connectivity index (χ3v) is 3.07. The average molecular weight is 213 g/mol. The highest BCUT2D eigenvalue weighted by molar-refractivity contribution is 5.78. The second-order valence-corrected chi connectivity index (χ2v) is 4.20. The third kappa shape index (κ3) is 3.47. The largest absolute Gasteiger partial charge is 0.342 e. The van der Waals surface area contributed by atoms with Crippen LogP contribution in [0.25, 0.3) is 0 Å². The third-order valence-electron chi connectivity index (χ3n) is 3.07. The number of hydrogen-bond donors (Lipinski definition) is 1. The van der Waals surface area contributed by atoms with E-state index in [0.717, 1.165) is 32.6 Å². The van der Waals surface area contributed by atoms with Gasteiger partial charge in [-0.3, -0.25) is 9.69 Å². The SMILES string of the molecule is CCN1CCCN(C(C)CNC)CC1=O. The predicted octanol–water partition coefficient (Wildman–Crippen LogP) is 0.149. The van der Waals surface area contributed by atoms with Gasteiger partial charge in [0.25, 0.3) is 0 Å². The van der Waals surface area contributed by atoms with Crippen LogP contribution in [0.5, 0.6) is 0 Å². The molecular weight excluding hydrogens is 190 g/mol. The van der Waals surface area contributed by atoms with Crippen LogP contribution < -0.4 is 5.32 Å². The van der Waals surface area contributed by atoms with Crippen LogP contribution in [0.2, 0.25) is 0 Å². The van der Waals surface area contributed by atoms with Gasteiger partial charge >= 0.3 is 0 Å². The molecule has 15 heavy (non-hydrogen) atoms. The van der Waals surface area contributed by atoms with Crippen LogP contribution in [0.4, 0.5) is 0 Å². The first-order valence-corrected chi connectivity index (χ1v) is 5.85. The predicted molar refractivity (Wildman–Crippen MR) is 61.8 cm³/mol. The van der Waals surface area contributed by atoms with Crippen LogP contribution in [-0.2, 0) is 4.79 Å². The van der Waals surface area contributed by atoms with Crippen molar-refractivity contribution in [2.24, 2.45) is 0 Å². The highest BCUT2D eigenvalue weighted by Crippen LogP contribution is 2.07. The number of amides is 1. The van der Waals surface area contributed by atoms with Crippen molar-refractivity contribution >= 4 is 5.91 Å². The van der Waals surface area contributed by atoms with Gasteiger partial charge in [-0.1, -0.05) is 0 Å². The van der Waals surface area contributed by atoms with Crippen LogP contribution in [0.15, 0.2) is 0 Å². The number of rotatable bonds is 4. The maximum absolute atomic E-state index is 11.8. The van der Waals surface area contributed by atoms with Crippen molar-refractivity contribution in [2.75, 3.05) is 39.8 Å². The molecule has 1 atom stereocenters. The monoisotopic (exact) mass is 213 g/mol. The molecule has 0 aliphatic carbocycles. The molecule has 4 heteroatoms. The first-order valence-electron chi connectivity index (χ1n) is 5.85. The van der Waals surface area contributed by atoms with Gasteiger partial charge in [-0.2, -0.15) is 0 Å². The quantitative estimate of drug-likeness (QED) is 0.722. The Morgan fingerprint density at radius 1 is 1.47 bits per heavy atom. The number of carbonyl (C=O) groups excluding carboxylic acids is 1. The van der Waals surface area contributed by atoms with E-state index in [-0.39, 0.29) is 5.91 Å². The van der Waals surface area contributed by atoms with Crippen LogP contribution in [-0.4, -0.2) is 61.5 Å². The number of nitrogens with zero attached hydrogens (tertiary/aromatic N) is 2. The minimum Gasteiger partial charge on any atom is -0.342 e. The molecule has 1 unspecified atom stereocenters. The van der Waals surface area contributed by atoms with Gasteiger partial charge in [0, 0.05) is 32.2 Å². The van der Waals surface area contributed by atoms with Gasteiger partial charge in [0.1, 0.15) is 0 Å². The second-order valence-electron chi connectivity index (χ2n) is 4.20. The Kier molecular flexibility index (Phi) is 5.05. The fourth-order valence-corrected chi connectivity index (χ4v) is 2.08. The Morgan fingerprint density at radius 3 is 2.80 bits per heavy atom.